The van der Waals surface area contributed by atoms with Gasteiger partial charge in [0.05, 0.1) is 0 Å². The molecule has 0 amide bonds. The molecule has 0 aliphatic carbocycles. The third kappa shape index (κ3) is 5.99. The van der Waals surface area contributed by atoms with Gasteiger partial charge in [0.15, 0.2) is 0 Å². The van der Waals surface area contributed by atoms with E-state index in [-0.39, 0.29) is 5.82 Å². The Morgan fingerprint density at radius 2 is 2.30 bits per heavy atom. The summed E-state index contributed by atoms with van der Waals surface area (Å²) in [7, 11) is 1.85. The summed E-state index contributed by atoms with van der Waals surface area (Å²) in [4.78, 5) is 6.21. The summed E-state index contributed by atoms with van der Waals surface area (Å²) in [5, 5.41) is 0. The number of benzene rings is 1. The molecule has 6 heteroatoms. The second-order valence-corrected chi connectivity index (χ2v) is 4.39. The lowest BCUT2D eigenvalue weighted by atomic mass is 10.2. The first-order chi connectivity index (χ1) is 9.67. The predicted octanol–water partition coefficient (Wildman–Crippen LogP) is 1.50. The van der Waals surface area contributed by atoms with Crippen molar-refractivity contribution in [1.29, 1.82) is 0 Å². The van der Waals surface area contributed by atoms with Crippen molar-refractivity contribution in [2.24, 2.45) is 10.8 Å². The number of ether oxygens (including phenoxy) is 1. The van der Waals surface area contributed by atoms with Crippen LogP contribution >= 0.6 is 0 Å². The maximum Gasteiger partial charge on any atom is 0.208 e. The van der Waals surface area contributed by atoms with Crippen LogP contribution < -0.4 is 11.3 Å². The predicted molar refractivity (Wildman–Crippen MR) is 78.6 cm³/mol. The number of aliphatic imine (C=N–C) groups is 1. The topological polar surface area (TPSA) is 62.9 Å². The van der Waals surface area contributed by atoms with E-state index in [0.29, 0.717) is 32.3 Å². The Labute approximate surface area is 119 Å². The molecule has 1 aromatic carbocycles. The third-order valence-corrected chi connectivity index (χ3v) is 2.71. The van der Waals surface area contributed by atoms with Crippen LogP contribution in [0.4, 0.5) is 4.39 Å². The number of rotatable bonds is 7. The Morgan fingerprint density at radius 1 is 1.50 bits per heavy atom. The summed E-state index contributed by atoms with van der Waals surface area (Å²) in [6, 6.07) is 6.48. The fraction of sp³-hybridized carbons (Fsp3) is 0.500. The minimum Gasteiger partial charge on any atom is -0.382 e. The van der Waals surface area contributed by atoms with Gasteiger partial charge in [0, 0.05) is 33.4 Å². The molecule has 1 aromatic rings. The van der Waals surface area contributed by atoms with Crippen molar-refractivity contribution >= 4 is 5.96 Å². The van der Waals surface area contributed by atoms with Crippen molar-refractivity contribution in [3.8, 4) is 0 Å². The smallest absolute Gasteiger partial charge is 0.208 e. The first-order valence-electron chi connectivity index (χ1n) is 6.71. The van der Waals surface area contributed by atoms with Gasteiger partial charge in [-0.1, -0.05) is 12.1 Å². The summed E-state index contributed by atoms with van der Waals surface area (Å²) in [5.41, 5.74) is 3.43. The quantitative estimate of drug-likeness (QED) is 0.262. The molecule has 0 radical (unpaired) electrons. The van der Waals surface area contributed by atoms with E-state index in [1.54, 1.807) is 6.07 Å². The molecule has 0 saturated heterocycles. The minimum atomic E-state index is -0.244. The van der Waals surface area contributed by atoms with Crippen molar-refractivity contribution in [3.05, 3.63) is 35.6 Å². The van der Waals surface area contributed by atoms with E-state index in [1.165, 1.54) is 12.1 Å². The monoisotopic (exact) mass is 282 g/mol. The molecule has 5 nitrogen and oxygen atoms in total. The van der Waals surface area contributed by atoms with Gasteiger partial charge in [0.1, 0.15) is 5.82 Å². The normalized spacial score (nSPS) is 11.5. The molecule has 0 aromatic heterocycles. The molecule has 3 N–H and O–H groups in total. The molecular formula is C14H23FN4O. The fourth-order valence-electron chi connectivity index (χ4n) is 1.76. The van der Waals surface area contributed by atoms with E-state index < -0.39 is 0 Å². The molecule has 20 heavy (non-hydrogen) atoms. The van der Waals surface area contributed by atoms with Crippen molar-refractivity contribution in [2.75, 3.05) is 26.8 Å². The molecule has 0 atom stereocenters. The highest BCUT2D eigenvalue weighted by Crippen LogP contribution is 2.06. The molecule has 112 valence electrons. The molecule has 0 fully saturated rings. The Hall–Kier alpha value is -1.66. The van der Waals surface area contributed by atoms with Gasteiger partial charge in [0.25, 0.3) is 0 Å². The van der Waals surface area contributed by atoms with Gasteiger partial charge < -0.3 is 9.64 Å². The lowest BCUT2D eigenvalue weighted by Crippen LogP contribution is -2.42. The average molecular weight is 282 g/mol. The van der Waals surface area contributed by atoms with Crippen LogP contribution in [0.5, 0.6) is 0 Å². The Morgan fingerprint density at radius 3 is 2.95 bits per heavy atom. The number of nitrogens with zero attached hydrogens (tertiary/aromatic N) is 2. The lowest BCUT2D eigenvalue weighted by Gasteiger charge is -2.20. The van der Waals surface area contributed by atoms with Crippen LogP contribution in [0.2, 0.25) is 0 Å². The van der Waals surface area contributed by atoms with Gasteiger partial charge in [-0.15, -0.1) is 0 Å². The maximum atomic E-state index is 13.1. The number of hydrazine groups is 1. The van der Waals surface area contributed by atoms with Crippen molar-refractivity contribution in [2.45, 2.75) is 19.9 Å². The van der Waals surface area contributed by atoms with E-state index in [1.807, 2.05) is 24.9 Å². The zero-order valence-electron chi connectivity index (χ0n) is 12.1. The van der Waals surface area contributed by atoms with Gasteiger partial charge >= 0.3 is 0 Å². The number of hydrogen-bond donors (Lipinski definition) is 2. The summed E-state index contributed by atoms with van der Waals surface area (Å²) in [5.74, 6) is 5.80. The van der Waals surface area contributed by atoms with Crippen LogP contribution in [0.3, 0.4) is 0 Å². The summed E-state index contributed by atoms with van der Waals surface area (Å²) in [6.45, 7) is 4.53. The van der Waals surface area contributed by atoms with E-state index >= 15 is 0 Å². The summed E-state index contributed by atoms with van der Waals surface area (Å²) in [6.07, 6.45) is 0.840. The maximum absolute atomic E-state index is 13.1. The van der Waals surface area contributed by atoms with Crippen molar-refractivity contribution < 1.29 is 9.13 Å². The SMILES string of the molecule is CCOCCCN=C(NN)N(C)Cc1cccc(F)c1. The molecule has 0 bridgehead atoms. The highest BCUT2D eigenvalue weighted by Gasteiger charge is 2.06. The van der Waals surface area contributed by atoms with Crippen LogP contribution in [0.1, 0.15) is 18.9 Å². The van der Waals surface area contributed by atoms with E-state index in [2.05, 4.69) is 10.4 Å². The Bertz CT molecular complexity index is 425. The lowest BCUT2D eigenvalue weighted by molar-refractivity contribution is 0.146. The van der Waals surface area contributed by atoms with E-state index in [0.717, 1.165) is 12.0 Å². The van der Waals surface area contributed by atoms with Crippen LogP contribution in [0.25, 0.3) is 0 Å². The van der Waals surface area contributed by atoms with Crippen LogP contribution in [0.15, 0.2) is 29.3 Å². The largest absolute Gasteiger partial charge is 0.382 e. The van der Waals surface area contributed by atoms with Crippen molar-refractivity contribution in [3.63, 3.8) is 0 Å². The second-order valence-electron chi connectivity index (χ2n) is 4.39. The third-order valence-electron chi connectivity index (χ3n) is 2.71. The molecule has 0 saturated carbocycles. The number of guanidine groups is 1. The number of nitrogens with two attached hydrogens (primary N) is 1. The van der Waals surface area contributed by atoms with Crippen LogP contribution in [-0.2, 0) is 11.3 Å². The zero-order valence-corrected chi connectivity index (χ0v) is 12.1. The molecule has 0 aliphatic rings. The Balaban J connectivity index is 2.49. The summed E-state index contributed by atoms with van der Waals surface area (Å²) >= 11 is 0. The highest BCUT2D eigenvalue weighted by molar-refractivity contribution is 5.79. The first-order valence-corrected chi connectivity index (χ1v) is 6.71. The minimum absolute atomic E-state index is 0.244. The fourth-order valence-corrected chi connectivity index (χ4v) is 1.76. The van der Waals surface area contributed by atoms with Crippen LogP contribution in [-0.4, -0.2) is 37.7 Å². The number of nitrogens with one attached hydrogen (secondary N) is 1. The second kappa shape index (κ2) is 9.28. The molecular weight excluding hydrogens is 259 g/mol. The van der Waals surface area contributed by atoms with E-state index in [9.17, 15) is 4.39 Å². The van der Waals surface area contributed by atoms with E-state index in [4.69, 9.17) is 10.6 Å². The first kappa shape index (κ1) is 16.4. The number of hydrogen-bond acceptors (Lipinski definition) is 3. The molecule has 0 unspecified atom stereocenters. The van der Waals surface area contributed by atoms with Crippen molar-refractivity contribution in [1.82, 2.24) is 10.3 Å². The van der Waals surface area contributed by atoms with Gasteiger partial charge in [-0.2, -0.15) is 0 Å². The van der Waals surface area contributed by atoms with Crippen LogP contribution in [0, 0.1) is 5.82 Å². The standard InChI is InChI=1S/C14H23FN4O/c1-3-20-9-5-8-17-14(18-16)19(2)11-12-6-4-7-13(15)10-12/h4,6-7,10H,3,5,8-9,11,16H2,1-2H3,(H,17,18). The highest BCUT2D eigenvalue weighted by atomic mass is 19.1. The summed E-state index contributed by atoms with van der Waals surface area (Å²) < 4.78 is 18.4. The molecule has 1 rings (SSSR count). The molecule has 0 aliphatic heterocycles. The molecule has 0 heterocycles. The van der Waals surface area contributed by atoms with Gasteiger partial charge in [-0.3, -0.25) is 10.4 Å². The van der Waals surface area contributed by atoms with Gasteiger partial charge in [0.2, 0.25) is 5.96 Å². The van der Waals surface area contributed by atoms with Gasteiger partial charge in [-0.25, -0.2) is 10.2 Å². The number of halogens is 1. The molecule has 0 spiro atoms. The Kier molecular flexibility index (Phi) is 7.60. The van der Waals surface area contributed by atoms with Gasteiger partial charge in [-0.05, 0) is 31.0 Å². The zero-order chi connectivity index (χ0) is 14.8. The average Bonchev–Trinajstić information content (AvgIpc) is 2.42.